The topological polar surface area (TPSA) is 84.9 Å². The standard InChI is InChI=1S/C20H22ClNO5/c1-4-27-17-15(21)10-13(11-16(17)26-3)18(23)22-12-20(2,19(24)25)14-8-6-5-7-9-14/h5-11H,4,12H2,1-3H3,(H,22,23)(H,24,25). The number of amides is 1. The van der Waals surface area contributed by atoms with Crippen LogP contribution in [0.25, 0.3) is 0 Å². The summed E-state index contributed by atoms with van der Waals surface area (Å²) in [7, 11) is 1.45. The van der Waals surface area contributed by atoms with Crippen molar-refractivity contribution in [3.63, 3.8) is 0 Å². The maximum absolute atomic E-state index is 12.6. The third kappa shape index (κ3) is 4.52. The molecular formula is C20H22ClNO5. The molecule has 0 saturated heterocycles. The van der Waals surface area contributed by atoms with Crippen molar-refractivity contribution in [1.29, 1.82) is 0 Å². The van der Waals surface area contributed by atoms with E-state index in [1.807, 2.05) is 6.92 Å². The zero-order valence-corrected chi connectivity index (χ0v) is 16.2. The highest BCUT2D eigenvalue weighted by atomic mass is 35.5. The average molecular weight is 392 g/mol. The van der Waals surface area contributed by atoms with E-state index in [4.69, 9.17) is 21.1 Å². The van der Waals surface area contributed by atoms with Crippen LogP contribution in [0.1, 0.15) is 29.8 Å². The Labute approximate surface area is 163 Å². The van der Waals surface area contributed by atoms with Gasteiger partial charge in [0, 0.05) is 12.1 Å². The number of carbonyl (C=O) groups excluding carboxylic acids is 1. The van der Waals surface area contributed by atoms with Crippen molar-refractivity contribution in [3.05, 3.63) is 58.6 Å². The molecule has 0 aliphatic rings. The highest BCUT2D eigenvalue weighted by Gasteiger charge is 2.35. The summed E-state index contributed by atoms with van der Waals surface area (Å²) in [5.41, 5.74) is -0.419. The molecular weight excluding hydrogens is 370 g/mol. The van der Waals surface area contributed by atoms with E-state index in [-0.39, 0.29) is 17.1 Å². The van der Waals surface area contributed by atoms with Crippen molar-refractivity contribution >= 4 is 23.5 Å². The summed E-state index contributed by atoms with van der Waals surface area (Å²) in [4.78, 5) is 24.4. The molecule has 144 valence electrons. The molecule has 0 bridgehead atoms. The summed E-state index contributed by atoms with van der Waals surface area (Å²) < 4.78 is 10.7. The summed E-state index contributed by atoms with van der Waals surface area (Å²) in [6.45, 7) is 3.69. The Morgan fingerprint density at radius 3 is 2.44 bits per heavy atom. The van der Waals surface area contributed by atoms with Gasteiger partial charge in [-0.2, -0.15) is 0 Å². The maximum atomic E-state index is 12.6. The van der Waals surface area contributed by atoms with E-state index in [1.54, 1.807) is 37.3 Å². The van der Waals surface area contributed by atoms with E-state index in [0.717, 1.165) is 0 Å². The first kappa shape index (κ1) is 20.6. The fourth-order valence-electron chi connectivity index (χ4n) is 2.60. The number of carboxylic acid groups (broad SMARTS) is 1. The van der Waals surface area contributed by atoms with Crippen LogP contribution in [0.2, 0.25) is 5.02 Å². The molecule has 6 nitrogen and oxygen atoms in total. The molecule has 2 rings (SSSR count). The molecule has 0 saturated carbocycles. The number of carbonyl (C=O) groups is 2. The molecule has 0 fully saturated rings. The molecule has 1 atom stereocenters. The van der Waals surface area contributed by atoms with Gasteiger partial charge in [0.25, 0.3) is 5.91 Å². The zero-order chi connectivity index (χ0) is 20.0. The quantitative estimate of drug-likeness (QED) is 0.719. The summed E-state index contributed by atoms with van der Waals surface area (Å²) in [6.07, 6.45) is 0. The van der Waals surface area contributed by atoms with Crippen molar-refractivity contribution in [1.82, 2.24) is 5.32 Å². The largest absolute Gasteiger partial charge is 0.493 e. The van der Waals surface area contributed by atoms with Crippen molar-refractivity contribution in [2.45, 2.75) is 19.3 Å². The number of carboxylic acids is 1. The molecule has 0 spiro atoms. The van der Waals surface area contributed by atoms with Crippen LogP contribution in [-0.2, 0) is 10.2 Å². The third-order valence-electron chi connectivity index (χ3n) is 4.27. The van der Waals surface area contributed by atoms with Gasteiger partial charge in [0.1, 0.15) is 5.41 Å². The van der Waals surface area contributed by atoms with E-state index in [9.17, 15) is 14.7 Å². The van der Waals surface area contributed by atoms with Crippen LogP contribution in [0.5, 0.6) is 11.5 Å². The Morgan fingerprint density at radius 1 is 1.22 bits per heavy atom. The molecule has 1 unspecified atom stereocenters. The molecule has 27 heavy (non-hydrogen) atoms. The fourth-order valence-corrected chi connectivity index (χ4v) is 2.87. The number of rotatable bonds is 8. The number of ether oxygens (including phenoxy) is 2. The highest BCUT2D eigenvalue weighted by molar-refractivity contribution is 6.32. The molecule has 7 heteroatoms. The number of benzene rings is 2. The molecule has 0 aliphatic carbocycles. The molecule has 1 amide bonds. The normalized spacial score (nSPS) is 12.7. The number of halogens is 1. The molecule has 0 heterocycles. The van der Waals surface area contributed by atoms with Crippen LogP contribution >= 0.6 is 11.6 Å². The summed E-state index contributed by atoms with van der Waals surface area (Å²) >= 11 is 6.19. The second kappa shape index (κ2) is 8.77. The van der Waals surface area contributed by atoms with Crippen molar-refractivity contribution in [2.24, 2.45) is 0 Å². The molecule has 2 aromatic rings. The SMILES string of the molecule is CCOc1c(Cl)cc(C(=O)NCC(C)(C(=O)O)c2ccccc2)cc1OC. The first-order valence-electron chi connectivity index (χ1n) is 8.41. The van der Waals surface area contributed by atoms with Crippen LogP contribution in [0.15, 0.2) is 42.5 Å². The van der Waals surface area contributed by atoms with Crippen molar-refractivity contribution in [3.8, 4) is 11.5 Å². The molecule has 2 N–H and O–H groups in total. The summed E-state index contributed by atoms with van der Waals surface area (Å²) in [5.74, 6) is -0.797. The maximum Gasteiger partial charge on any atom is 0.315 e. The van der Waals surface area contributed by atoms with E-state index < -0.39 is 17.3 Å². The number of aliphatic carboxylic acids is 1. The monoisotopic (exact) mass is 391 g/mol. The minimum absolute atomic E-state index is 0.0850. The molecule has 2 aromatic carbocycles. The molecule has 0 aromatic heterocycles. The zero-order valence-electron chi connectivity index (χ0n) is 15.4. The predicted octanol–water partition coefficient (Wildman–Crippen LogP) is 3.52. The minimum atomic E-state index is -1.27. The lowest BCUT2D eigenvalue weighted by Gasteiger charge is -2.25. The van der Waals surface area contributed by atoms with E-state index >= 15 is 0 Å². The highest BCUT2D eigenvalue weighted by Crippen LogP contribution is 2.36. The Hall–Kier alpha value is -2.73. The number of hydrogen-bond donors (Lipinski definition) is 2. The first-order chi connectivity index (χ1) is 12.8. The van der Waals surface area contributed by atoms with Gasteiger partial charge in [0.15, 0.2) is 11.5 Å². The van der Waals surface area contributed by atoms with Gasteiger partial charge >= 0.3 is 5.97 Å². The summed E-state index contributed by atoms with van der Waals surface area (Å²) in [6, 6.07) is 11.7. The summed E-state index contributed by atoms with van der Waals surface area (Å²) in [5, 5.41) is 12.6. The van der Waals surface area contributed by atoms with Crippen LogP contribution < -0.4 is 14.8 Å². The fraction of sp³-hybridized carbons (Fsp3) is 0.300. The van der Waals surface area contributed by atoms with Crippen LogP contribution in [0, 0.1) is 0 Å². The van der Waals surface area contributed by atoms with Gasteiger partial charge in [0.05, 0.1) is 18.7 Å². The van der Waals surface area contributed by atoms with Gasteiger partial charge in [-0.25, -0.2) is 0 Å². The van der Waals surface area contributed by atoms with E-state index in [2.05, 4.69) is 5.32 Å². The third-order valence-corrected chi connectivity index (χ3v) is 4.55. The van der Waals surface area contributed by atoms with Gasteiger partial charge in [0.2, 0.25) is 0 Å². The Kier molecular flexibility index (Phi) is 6.69. The van der Waals surface area contributed by atoms with Crippen LogP contribution in [-0.4, -0.2) is 37.2 Å². The molecule has 0 radical (unpaired) electrons. The minimum Gasteiger partial charge on any atom is -0.493 e. The Bertz CT molecular complexity index is 825. The second-order valence-corrected chi connectivity index (χ2v) is 6.52. The molecule has 0 aliphatic heterocycles. The smallest absolute Gasteiger partial charge is 0.315 e. The first-order valence-corrected chi connectivity index (χ1v) is 8.78. The van der Waals surface area contributed by atoms with E-state index in [0.29, 0.717) is 23.7 Å². The lowest BCUT2D eigenvalue weighted by atomic mass is 9.82. The second-order valence-electron chi connectivity index (χ2n) is 6.11. The van der Waals surface area contributed by atoms with Gasteiger partial charge in [-0.1, -0.05) is 41.9 Å². The van der Waals surface area contributed by atoms with Crippen molar-refractivity contribution < 1.29 is 24.2 Å². The van der Waals surface area contributed by atoms with E-state index in [1.165, 1.54) is 19.2 Å². The van der Waals surface area contributed by atoms with Crippen LogP contribution in [0.3, 0.4) is 0 Å². The Balaban J connectivity index is 2.24. The van der Waals surface area contributed by atoms with Gasteiger partial charge in [-0.3, -0.25) is 9.59 Å². The average Bonchev–Trinajstić information content (AvgIpc) is 2.67. The lowest BCUT2D eigenvalue weighted by Crippen LogP contribution is -2.44. The van der Waals surface area contributed by atoms with Crippen LogP contribution in [0.4, 0.5) is 0 Å². The predicted molar refractivity (Wildman–Crippen MR) is 103 cm³/mol. The number of nitrogens with one attached hydrogen (secondary N) is 1. The van der Waals surface area contributed by atoms with Crippen molar-refractivity contribution in [2.75, 3.05) is 20.3 Å². The number of methoxy groups -OCH3 is 1. The van der Waals surface area contributed by atoms with Gasteiger partial charge in [-0.05, 0) is 31.5 Å². The lowest BCUT2D eigenvalue weighted by molar-refractivity contribution is -0.142. The van der Waals surface area contributed by atoms with Gasteiger partial charge < -0.3 is 19.9 Å². The number of hydrogen-bond acceptors (Lipinski definition) is 4. The van der Waals surface area contributed by atoms with Gasteiger partial charge in [-0.15, -0.1) is 0 Å². The Morgan fingerprint density at radius 2 is 1.89 bits per heavy atom.